The minimum atomic E-state index is -0.0636. The van der Waals surface area contributed by atoms with Gasteiger partial charge in [-0.2, -0.15) is 0 Å². The zero-order valence-corrected chi connectivity index (χ0v) is 10.0. The van der Waals surface area contributed by atoms with Crippen molar-refractivity contribution in [1.29, 1.82) is 0 Å². The summed E-state index contributed by atoms with van der Waals surface area (Å²) in [5.41, 5.74) is 1.48. The van der Waals surface area contributed by atoms with E-state index in [1.165, 1.54) is 0 Å². The molecule has 2 N–H and O–H groups in total. The summed E-state index contributed by atoms with van der Waals surface area (Å²) in [6.45, 7) is -0.0636. The first kappa shape index (κ1) is 11.0. The van der Waals surface area contributed by atoms with Crippen molar-refractivity contribution in [2.24, 2.45) is 0 Å². The zero-order valence-electron chi connectivity index (χ0n) is 8.44. The highest BCUT2D eigenvalue weighted by Gasteiger charge is 2.12. The fraction of sp³-hybridized carbons (Fsp3) is 0.222. The van der Waals surface area contributed by atoms with Gasteiger partial charge >= 0.3 is 0 Å². The van der Waals surface area contributed by atoms with Crippen molar-refractivity contribution in [2.75, 3.05) is 7.11 Å². The van der Waals surface area contributed by atoms with Crippen molar-refractivity contribution < 1.29 is 9.84 Å². The van der Waals surface area contributed by atoms with E-state index >= 15 is 0 Å². The first-order valence-electron chi connectivity index (χ1n) is 4.47. The van der Waals surface area contributed by atoms with Gasteiger partial charge in [-0.3, -0.25) is 0 Å². The van der Waals surface area contributed by atoms with Gasteiger partial charge in [-0.1, -0.05) is 15.9 Å². The van der Waals surface area contributed by atoms with Gasteiger partial charge in [0.05, 0.1) is 19.3 Å². The monoisotopic (exact) mass is 284 g/mol. The predicted octanol–water partition coefficient (Wildman–Crippen LogP) is 1.13. The summed E-state index contributed by atoms with van der Waals surface area (Å²) in [6, 6.07) is 3.54. The number of aromatic amines is 1. The minimum absolute atomic E-state index is 0.0636. The average Bonchev–Trinajstić information content (AvgIpc) is 2.82. The maximum Gasteiger partial charge on any atom is 0.183 e. The molecular formula is C9H9BrN4O2. The van der Waals surface area contributed by atoms with Crippen LogP contribution in [0.2, 0.25) is 0 Å². The lowest BCUT2D eigenvalue weighted by molar-refractivity contribution is 0.280. The molecule has 7 heteroatoms. The Morgan fingerprint density at radius 2 is 2.31 bits per heavy atom. The summed E-state index contributed by atoms with van der Waals surface area (Å²) >= 11 is 3.36. The normalized spacial score (nSPS) is 10.4. The van der Waals surface area contributed by atoms with Crippen molar-refractivity contribution >= 4 is 15.9 Å². The van der Waals surface area contributed by atoms with Gasteiger partial charge in [0.25, 0.3) is 0 Å². The highest BCUT2D eigenvalue weighted by molar-refractivity contribution is 9.10. The molecule has 84 valence electrons. The van der Waals surface area contributed by atoms with Crippen molar-refractivity contribution in [1.82, 2.24) is 20.6 Å². The molecule has 0 bridgehead atoms. The number of halogens is 1. The Labute approximate surface area is 99.8 Å². The predicted molar refractivity (Wildman–Crippen MR) is 59.8 cm³/mol. The highest BCUT2D eigenvalue weighted by atomic mass is 79.9. The van der Waals surface area contributed by atoms with Gasteiger partial charge in [0.2, 0.25) is 0 Å². The first-order valence-corrected chi connectivity index (χ1v) is 5.27. The Balaban J connectivity index is 2.57. The fourth-order valence-electron chi connectivity index (χ4n) is 1.34. The number of benzene rings is 1. The standard InChI is InChI=1S/C9H9BrN4O2/c1-16-8-2-5(4-15)7(10)3-6(8)9-11-13-14-12-9/h2-3,15H,4H2,1H3,(H,11,12,13,14). The van der Waals surface area contributed by atoms with Gasteiger partial charge in [0, 0.05) is 4.47 Å². The van der Waals surface area contributed by atoms with Crippen LogP contribution in [0.25, 0.3) is 11.4 Å². The number of H-pyrrole nitrogens is 1. The number of hydrogen-bond acceptors (Lipinski definition) is 5. The van der Waals surface area contributed by atoms with Crippen LogP contribution in [-0.4, -0.2) is 32.8 Å². The number of rotatable bonds is 3. The molecule has 0 saturated heterocycles. The van der Waals surface area contributed by atoms with Crippen LogP contribution in [-0.2, 0) is 6.61 Å². The van der Waals surface area contributed by atoms with E-state index in [9.17, 15) is 0 Å². The fourth-order valence-corrected chi connectivity index (χ4v) is 1.81. The molecule has 0 radical (unpaired) electrons. The van der Waals surface area contributed by atoms with Crippen molar-refractivity contribution in [3.8, 4) is 17.1 Å². The minimum Gasteiger partial charge on any atom is -0.496 e. The Hall–Kier alpha value is -1.47. The van der Waals surface area contributed by atoms with E-state index in [0.717, 1.165) is 15.6 Å². The van der Waals surface area contributed by atoms with E-state index in [1.807, 2.05) is 0 Å². The Bertz CT molecular complexity index is 487. The van der Waals surface area contributed by atoms with Gasteiger partial charge in [-0.15, -0.1) is 5.10 Å². The van der Waals surface area contributed by atoms with Crippen LogP contribution < -0.4 is 4.74 Å². The van der Waals surface area contributed by atoms with E-state index in [-0.39, 0.29) is 6.61 Å². The number of aliphatic hydroxyl groups excluding tert-OH is 1. The number of methoxy groups -OCH3 is 1. The Morgan fingerprint density at radius 3 is 2.88 bits per heavy atom. The average molecular weight is 285 g/mol. The first-order chi connectivity index (χ1) is 7.76. The summed E-state index contributed by atoms with van der Waals surface area (Å²) in [6.07, 6.45) is 0. The molecule has 0 fully saturated rings. The second-order valence-corrected chi connectivity index (χ2v) is 3.91. The second kappa shape index (κ2) is 4.58. The van der Waals surface area contributed by atoms with Crippen molar-refractivity contribution in [3.63, 3.8) is 0 Å². The smallest absolute Gasteiger partial charge is 0.183 e. The molecule has 1 heterocycles. The third-order valence-corrected chi connectivity index (χ3v) is 2.88. The number of aliphatic hydroxyl groups is 1. The number of ether oxygens (including phenoxy) is 1. The van der Waals surface area contributed by atoms with E-state index in [0.29, 0.717) is 11.6 Å². The van der Waals surface area contributed by atoms with Gasteiger partial charge in [0.15, 0.2) is 5.82 Å². The van der Waals surface area contributed by atoms with E-state index in [1.54, 1.807) is 19.2 Å². The maximum absolute atomic E-state index is 9.13. The van der Waals surface area contributed by atoms with Crippen LogP contribution >= 0.6 is 15.9 Å². The molecule has 0 aliphatic rings. The van der Waals surface area contributed by atoms with E-state index in [4.69, 9.17) is 9.84 Å². The summed E-state index contributed by atoms with van der Waals surface area (Å²) in [7, 11) is 1.55. The molecule has 0 unspecified atom stereocenters. The molecule has 0 amide bonds. The molecule has 2 aromatic rings. The van der Waals surface area contributed by atoms with Crippen molar-refractivity contribution in [3.05, 3.63) is 22.2 Å². The maximum atomic E-state index is 9.13. The highest BCUT2D eigenvalue weighted by Crippen LogP contribution is 2.32. The van der Waals surface area contributed by atoms with Crippen LogP contribution in [0, 0.1) is 0 Å². The Kier molecular flexibility index (Phi) is 3.16. The molecule has 0 atom stereocenters. The molecule has 2 rings (SSSR count). The lowest BCUT2D eigenvalue weighted by Crippen LogP contribution is -1.94. The lowest BCUT2D eigenvalue weighted by Gasteiger charge is -2.09. The van der Waals surface area contributed by atoms with Crippen LogP contribution in [0.5, 0.6) is 5.75 Å². The number of nitrogens with one attached hydrogen (secondary N) is 1. The third-order valence-electron chi connectivity index (χ3n) is 2.14. The molecule has 6 nitrogen and oxygen atoms in total. The van der Waals surface area contributed by atoms with Gasteiger partial charge in [-0.05, 0) is 28.1 Å². The summed E-state index contributed by atoms with van der Waals surface area (Å²) < 4.78 is 6.00. The number of aromatic nitrogens is 4. The van der Waals surface area contributed by atoms with Crippen LogP contribution in [0.15, 0.2) is 16.6 Å². The molecular weight excluding hydrogens is 276 g/mol. The molecule has 0 spiro atoms. The molecule has 16 heavy (non-hydrogen) atoms. The summed E-state index contributed by atoms with van der Waals surface area (Å²) in [5, 5.41) is 22.6. The third kappa shape index (κ3) is 1.91. The summed E-state index contributed by atoms with van der Waals surface area (Å²) in [4.78, 5) is 0. The molecule has 1 aromatic carbocycles. The van der Waals surface area contributed by atoms with Gasteiger partial charge in [0.1, 0.15) is 5.75 Å². The second-order valence-electron chi connectivity index (χ2n) is 3.05. The number of tetrazole rings is 1. The van der Waals surface area contributed by atoms with E-state index < -0.39 is 0 Å². The SMILES string of the molecule is COc1cc(CO)c(Br)cc1-c1nnn[nH]1. The summed E-state index contributed by atoms with van der Waals surface area (Å²) in [5.74, 6) is 1.12. The molecule has 0 aliphatic heterocycles. The lowest BCUT2D eigenvalue weighted by atomic mass is 10.1. The largest absolute Gasteiger partial charge is 0.496 e. The quantitative estimate of drug-likeness (QED) is 0.883. The van der Waals surface area contributed by atoms with Gasteiger partial charge < -0.3 is 9.84 Å². The van der Waals surface area contributed by atoms with Crippen LogP contribution in [0.1, 0.15) is 5.56 Å². The molecule has 1 aromatic heterocycles. The topological polar surface area (TPSA) is 83.9 Å². The molecule has 0 aliphatic carbocycles. The van der Waals surface area contributed by atoms with Crippen molar-refractivity contribution in [2.45, 2.75) is 6.61 Å². The van der Waals surface area contributed by atoms with E-state index in [2.05, 4.69) is 36.6 Å². The zero-order chi connectivity index (χ0) is 11.5. The van der Waals surface area contributed by atoms with Crippen LogP contribution in [0.4, 0.5) is 0 Å². The number of nitrogens with zero attached hydrogens (tertiary/aromatic N) is 3. The Morgan fingerprint density at radius 1 is 1.50 bits per heavy atom. The van der Waals surface area contributed by atoms with Gasteiger partial charge in [-0.25, -0.2) is 5.10 Å². The molecule has 0 saturated carbocycles. The number of hydrogen-bond donors (Lipinski definition) is 2. The van der Waals surface area contributed by atoms with Crippen LogP contribution in [0.3, 0.4) is 0 Å².